The van der Waals surface area contributed by atoms with Gasteiger partial charge < -0.3 is 5.32 Å². The van der Waals surface area contributed by atoms with E-state index in [9.17, 15) is 0 Å². The molecule has 0 spiro atoms. The highest BCUT2D eigenvalue weighted by atomic mass is 35.5. The lowest BCUT2D eigenvalue weighted by Gasteiger charge is -2.35. The van der Waals surface area contributed by atoms with Crippen LogP contribution in [0, 0.1) is 0 Å². The predicted molar refractivity (Wildman–Crippen MR) is 112 cm³/mol. The van der Waals surface area contributed by atoms with Crippen molar-refractivity contribution in [3.63, 3.8) is 0 Å². The van der Waals surface area contributed by atoms with Gasteiger partial charge in [0.25, 0.3) is 0 Å². The maximum absolute atomic E-state index is 5.99. The summed E-state index contributed by atoms with van der Waals surface area (Å²) in [7, 11) is 0. The first kappa shape index (κ1) is 18.4. The average Bonchev–Trinajstić information content (AvgIpc) is 2.70. The van der Waals surface area contributed by atoms with Crippen LogP contribution in [0.15, 0.2) is 97.6 Å². The fourth-order valence-electron chi connectivity index (χ4n) is 3.46. The van der Waals surface area contributed by atoms with E-state index in [4.69, 9.17) is 11.6 Å². The van der Waals surface area contributed by atoms with Gasteiger partial charge in [-0.05, 0) is 35.2 Å². The first-order valence-electron chi connectivity index (χ1n) is 8.92. The maximum Gasteiger partial charge on any atom is 0.0406 e. The molecule has 26 heavy (non-hydrogen) atoms. The molecular formula is C24H24ClN. The van der Waals surface area contributed by atoms with Gasteiger partial charge in [0.15, 0.2) is 0 Å². The molecule has 0 fully saturated rings. The predicted octanol–water partition coefficient (Wildman–Crippen LogP) is 5.99. The van der Waals surface area contributed by atoms with Gasteiger partial charge in [-0.2, -0.15) is 0 Å². The van der Waals surface area contributed by atoms with Crippen LogP contribution in [-0.4, -0.2) is 6.54 Å². The van der Waals surface area contributed by atoms with Gasteiger partial charge in [0.2, 0.25) is 0 Å². The highest BCUT2D eigenvalue weighted by Gasteiger charge is 2.32. The van der Waals surface area contributed by atoms with Gasteiger partial charge in [-0.25, -0.2) is 0 Å². The Balaban J connectivity index is 1.89. The lowest BCUT2D eigenvalue weighted by Crippen LogP contribution is -2.38. The summed E-state index contributed by atoms with van der Waals surface area (Å²) in [5.74, 6) is 0. The summed E-state index contributed by atoms with van der Waals surface area (Å²) in [5, 5.41) is 4.42. The van der Waals surface area contributed by atoms with E-state index >= 15 is 0 Å². The summed E-state index contributed by atoms with van der Waals surface area (Å²) in [4.78, 5) is 0. The fourth-order valence-corrected chi connectivity index (χ4v) is 3.59. The third-order valence-electron chi connectivity index (χ3n) is 4.81. The van der Waals surface area contributed by atoms with Crippen LogP contribution >= 0.6 is 11.6 Å². The molecule has 2 heteroatoms. The third kappa shape index (κ3) is 4.24. The number of rotatable bonds is 8. The summed E-state index contributed by atoms with van der Waals surface area (Å²) in [6.07, 6.45) is 2.89. The minimum Gasteiger partial charge on any atom is -0.311 e. The van der Waals surface area contributed by atoms with Gasteiger partial charge in [0.05, 0.1) is 0 Å². The number of allylic oxidation sites excluding steroid dienone is 1. The molecule has 0 aromatic heterocycles. The van der Waals surface area contributed by atoms with Crippen molar-refractivity contribution in [2.75, 3.05) is 6.54 Å². The Kier molecular flexibility index (Phi) is 6.27. The van der Waals surface area contributed by atoms with E-state index in [1.165, 1.54) is 16.7 Å². The van der Waals surface area contributed by atoms with Gasteiger partial charge in [-0.1, -0.05) is 90.5 Å². The minimum absolute atomic E-state index is 0.142. The topological polar surface area (TPSA) is 12.0 Å². The second-order valence-corrected chi connectivity index (χ2v) is 6.97. The summed E-state index contributed by atoms with van der Waals surface area (Å²) in [6.45, 7) is 5.66. The molecule has 1 nitrogen and oxygen atoms in total. The normalized spacial score (nSPS) is 11.3. The summed E-state index contributed by atoms with van der Waals surface area (Å²) in [5.41, 5.74) is 3.68. The first-order valence-corrected chi connectivity index (χ1v) is 9.29. The van der Waals surface area contributed by atoms with Crippen molar-refractivity contribution < 1.29 is 0 Å². The Hall–Kier alpha value is -2.35. The molecule has 0 aliphatic rings. The molecule has 0 amide bonds. The summed E-state index contributed by atoms with van der Waals surface area (Å²) >= 11 is 5.99. The van der Waals surface area contributed by atoms with Crippen molar-refractivity contribution in [1.82, 2.24) is 5.32 Å². The SMILES string of the molecule is C=CCC(CNCc1ccc(Cl)cc1)(c1ccccc1)c1ccccc1. The van der Waals surface area contributed by atoms with Gasteiger partial charge in [0, 0.05) is 23.5 Å². The number of benzene rings is 3. The molecule has 0 heterocycles. The van der Waals surface area contributed by atoms with Crippen molar-refractivity contribution in [2.45, 2.75) is 18.4 Å². The van der Waals surface area contributed by atoms with Gasteiger partial charge in [-0.15, -0.1) is 6.58 Å². The summed E-state index contributed by atoms with van der Waals surface area (Å²) < 4.78 is 0. The molecule has 0 radical (unpaired) electrons. The number of nitrogens with one attached hydrogen (secondary N) is 1. The Bertz CT molecular complexity index is 770. The van der Waals surface area contributed by atoms with Crippen LogP contribution in [0.2, 0.25) is 5.02 Å². The molecule has 0 bridgehead atoms. The van der Waals surface area contributed by atoms with Crippen LogP contribution in [0.3, 0.4) is 0 Å². The molecule has 3 rings (SSSR count). The lowest BCUT2D eigenvalue weighted by molar-refractivity contribution is 0.467. The van der Waals surface area contributed by atoms with Crippen LogP contribution in [0.5, 0.6) is 0 Å². The molecule has 3 aromatic rings. The van der Waals surface area contributed by atoms with E-state index in [0.29, 0.717) is 0 Å². The molecule has 0 saturated carbocycles. The maximum atomic E-state index is 5.99. The highest BCUT2D eigenvalue weighted by Crippen LogP contribution is 2.35. The van der Waals surface area contributed by atoms with E-state index in [1.807, 2.05) is 18.2 Å². The van der Waals surface area contributed by atoms with E-state index in [0.717, 1.165) is 24.5 Å². The smallest absolute Gasteiger partial charge is 0.0406 e. The quantitative estimate of drug-likeness (QED) is 0.486. The molecule has 0 atom stereocenters. The fraction of sp³-hybridized carbons (Fsp3) is 0.167. The molecule has 0 aliphatic heterocycles. The second-order valence-electron chi connectivity index (χ2n) is 6.54. The zero-order chi connectivity index (χ0) is 18.2. The molecule has 0 aliphatic carbocycles. The Morgan fingerprint density at radius 1 is 0.808 bits per heavy atom. The number of hydrogen-bond acceptors (Lipinski definition) is 1. The highest BCUT2D eigenvalue weighted by molar-refractivity contribution is 6.30. The van der Waals surface area contributed by atoms with E-state index in [-0.39, 0.29) is 5.41 Å². The van der Waals surface area contributed by atoms with Crippen molar-refractivity contribution in [2.24, 2.45) is 0 Å². The minimum atomic E-state index is -0.142. The van der Waals surface area contributed by atoms with Crippen LogP contribution in [0.25, 0.3) is 0 Å². The number of hydrogen-bond donors (Lipinski definition) is 1. The van der Waals surface area contributed by atoms with Gasteiger partial charge in [-0.3, -0.25) is 0 Å². The second kappa shape index (κ2) is 8.84. The zero-order valence-electron chi connectivity index (χ0n) is 14.9. The average molecular weight is 362 g/mol. The molecule has 1 N–H and O–H groups in total. The Labute approximate surface area is 161 Å². The van der Waals surface area contributed by atoms with Crippen LogP contribution in [-0.2, 0) is 12.0 Å². The Morgan fingerprint density at radius 3 is 1.85 bits per heavy atom. The van der Waals surface area contributed by atoms with E-state index in [1.54, 1.807) is 0 Å². The van der Waals surface area contributed by atoms with Crippen molar-refractivity contribution in [3.05, 3.63) is 119 Å². The van der Waals surface area contributed by atoms with Crippen LogP contribution in [0.1, 0.15) is 23.1 Å². The van der Waals surface area contributed by atoms with E-state index < -0.39 is 0 Å². The van der Waals surface area contributed by atoms with Crippen LogP contribution in [0.4, 0.5) is 0 Å². The molecular weight excluding hydrogens is 338 g/mol. The lowest BCUT2D eigenvalue weighted by atomic mass is 9.72. The zero-order valence-corrected chi connectivity index (χ0v) is 15.6. The standard InChI is InChI=1S/C24H24ClN/c1-2-17-24(21-9-5-3-6-10-21,22-11-7-4-8-12-22)19-26-18-20-13-15-23(25)16-14-20/h2-16,26H,1,17-19H2. The molecule has 132 valence electrons. The van der Waals surface area contributed by atoms with Crippen molar-refractivity contribution in [1.29, 1.82) is 0 Å². The van der Waals surface area contributed by atoms with Crippen LogP contribution < -0.4 is 5.32 Å². The van der Waals surface area contributed by atoms with E-state index in [2.05, 4.69) is 84.7 Å². The van der Waals surface area contributed by atoms with Gasteiger partial charge in [0.1, 0.15) is 0 Å². The Morgan fingerprint density at radius 2 is 1.35 bits per heavy atom. The third-order valence-corrected chi connectivity index (χ3v) is 5.07. The largest absolute Gasteiger partial charge is 0.311 e. The number of halogens is 1. The summed E-state index contributed by atoms with van der Waals surface area (Å²) in [6, 6.07) is 29.4. The molecule has 0 unspecified atom stereocenters. The van der Waals surface area contributed by atoms with Gasteiger partial charge >= 0.3 is 0 Å². The molecule has 0 saturated heterocycles. The first-order chi connectivity index (χ1) is 12.7. The van der Waals surface area contributed by atoms with Crippen molar-refractivity contribution >= 4 is 11.6 Å². The van der Waals surface area contributed by atoms with Crippen molar-refractivity contribution in [3.8, 4) is 0 Å². The molecule has 3 aromatic carbocycles. The monoisotopic (exact) mass is 361 g/mol.